The second kappa shape index (κ2) is 6.29. The van der Waals surface area contributed by atoms with Crippen LogP contribution in [0, 0.1) is 0 Å². The molecule has 2 atom stereocenters. The van der Waals surface area contributed by atoms with E-state index in [1.54, 1.807) is 11.3 Å². The van der Waals surface area contributed by atoms with Crippen LogP contribution in [0.5, 0.6) is 0 Å². The monoisotopic (exact) mass is 275 g/mol. The average Bonchev–Trinajstić information content (AvgIpc) is 2.85. The van der Waals surface area contributed by atoms with Crippen LogP contribution in [0.4, 0.5) is 0 Å². The summed E-state index contributed by atoms with van der Waals surface area (Å²) in [5, 5.41) is 4.50. The zero-order valence-corrected chi connectivity index (χ0v) is 11.9. The molecule has 1 heterocycles. The summed E-state index contributed by atoms with van der Waals surface area (Å²) in [6.45, 7) is 3.22. The van der Waals surface area contributed by atoms with E-state index < -0.39 is 0 Å². The minimum atomic E-state index is 0.700. The molecule has 2 unspecified atom stereocenters. The molecule has 1 fully saturated rings. The molecule has 1 aliphatic rings. The Balaban J connectivity index is 1.80. The van der Waals surface area contributed by atoms with Gasteiger partial charge in [-0.3, -0.25) is 0 Å². The van der Waals surface area contributed by atoms with Gasteiger partial charge in [-0.25, -0.2) is 0 Å². The first-order valence-corrected chi connectivity index (χ1v) is 8.13. The molecule has 1 aromatic rings. The molecule has 1 aliphatic carbocycles. The van der Waals surface area contributed by atoms with E-state index in [0.29, 0.717) is 6.04 Å². The maximum Gasteiger partial charge on any atom is 0.0931 e. The zero-order valence-electron chi connectivity index (χ0n) is 9.54. The van der Waals surface area contributed by atoms with Crippen molar-refractivity contribution in [1.82, 2.24) is 5.32 Å². The predicted octanol–water partition coefficient (Wildman–Crippen LogP) is 4.17. The summed E-state index contributed by atoms with van der Waals surface area (Å²) in [4.78, 5) is 1.34. The van der Waals surface area contributed by atoms with Gasteiger partial charge >= 0.3 is 0 Å². The molecule has 1 saturated carbocycles. The highest BCUT2D eigenvalue weighted by Crippen LogP contribution is 2.30. The van der Waals surface area contributed by atoms with Gasteiger partial charge in [0.2, 0.25) is 0 Å². The molecule has 0 spiro atoms. The first-order valence-electron chi connectivity index (χ1n) is 5.89. The smallest absolute Gasteiger partial charge is 0.0931 e. The second-order valence-electron chi connectivity index (χ2n) is 4.12. The van der Waals surface area contributed by atoms with Gasteiger partial charge in [-0.05, 0) is 30.7 Å². The third-order valence-electron chi connectivity index (χ3n) is 3.00. The van der Waals surface area contributed by atoms with Crippen LogP contribution in [0.15, 0.2) is 12.1 Å². The Morgan fingerprint density at radius 2 is 2.38 bits per heavy atom. The fraction of sp³-hybridized carbons (Fsp3) is 0.667. The van der Waals surface area contributed by atoms with Crippen molar-refractivity contribution >= 4 is 34.7 Å². The van der Waals surface area contributed by atoms with Crippen molar-refractivity contribution in [2.45, 2.75) is 44.0 Å². The van der Waals surface area contributed by atoms with Crippen molar-refractivity contribution in [1.29, 1.82) is 0 Å². The molecule has 0 radical (unpaired) electrons. The van der Waals surface area contributed by atoms with Crippen LogP contribution in [0.3, 0.4) is 0 Å². The lowest BCUT2D eigenvalue weighted by atomic mass is 10.2. The second-order valence-corrected chi connectivity index (χ2v) is 7.43. The number of nitrogens with one attached hydrogen (secondary N) is 1. The van der Waals surface area contributed by atoms with E-state index in [0.717, 1.165) is 16.1 Å². The van der Waals surface area contributed by atoms with E-state index in [9.17, 15) is 0 Å². The Kier molecular flexibility index (Phi) is 5.01. The predicted molar refractivity (Wildman–Crippen MR) is 75.7 cm³/mol. The summed E-state index contributed by atoms with van der Waals surface area (Å²) in [5.74, 6) is 1.23. The van der Waals surface area contributed by atoms with Crippen molar-refractivity contribution in [2.75, 3.05) is 5.75 Å². The topological polar surface area (TPSA) is 12.0 Å². The van der Waals surface area contributed by atoms with Gasteiger partial charge in [-0.1, -0.05) is 24.9 Å². The normalized spacial score (nSPS) is 25.1. The lowest BCUT2D eigenvalue weighted by Gasteiger charge is -2.19. The maximum absolute atomic E-state index is 5.92. The third kappa shape index (κ3) is 3.39. The van der Waals surface area contributed by atoms with Gasteiger partial charge in [0.15, 0.2) is 0 Å². The van der Waals surface area contributed by atoms with Crippen LogP contribution in [0.25, 0.3) is 0 Å². The number of hydrogen-bond acceptors (Lipinski definition) is 3. The van der Waals surface area contributed by atoms with Gasteiger partial charge < -0.3 is 5.32 Å². The number of halogens is 1. The Morgan fingerprint density at radius 3 is 3.06 bits per heavy atom. The quantitative estimate of drug-likeness (QED) is 0.866. The first kappa shape index (κ1) is 12.7. The standard InChI is InChI=1S/C12H18ClNS2/c1-2-15-11-5-3-4-10(11)14-8-9-6-7-12(13)16-9/h6-7,10-11,14H,2-5,8H2,1H3. The molecule has 0 aromatic carbocycles. The van der Waals surface area contributed by atoms with Crippen molar-refractivity contribution in [3.8, 4) is 0 Å². The van der Waals surface area contributed by atoms with Crippen LogP contribution in [-0.2, 0) is 6.54 Å². The molecule has 2 rings (SSSR count). The number of rotatable bonds is 5. The van der Waals surface area contributed by atoms with Gasteiger partial charge in [0.05, 0.1) is 4.34 Å². The molecule has 4 heteroatoms. The van der Waals surface area contributed by atoms with E-state index in [1.165, 1.54) is 29.9 Å². The summed E-state index contributed by atoms with van der Waals surface area (Å²) in [7, 11) is 0. The zero-order chi connectivity index (χ0) is 11.4. The number of thioether (sulfide) groups is 1. The summed E-state index contributed by atoms with van der Waals surface area (Å²) < 4.78 is 0.891. The van der Waals surface area contributed by atoms with Crippen molar-refractivity contribution < 1.29 is 0 Å². The average molecular weight is 276 g/mol. The van der Waals surface area contributed by atoms with Crippen LogP contribution < -0.4 is 5.32 Å². The first-order chi connectivity index (χ1) is 7.79. The molecular formula is C12H18ClNS2. The Hall–Kier alpha value is 0.300. The van der Waals surface area contributed by atoms with Crippen LogP contribution >= 0.6 is 34.7 Å². The highest BCUT2D eigenvalue weighted by atomic mass is 35.5. The summed E-state index contributed by atoms with van der Waals surface area (Å²) >= 11 is 9.70. The van der Waals surface area contributed by atoms with Crippen LogP contribution in [0.1, 0.15) is 31.1 Å². The van der Waals surface area contributed by atoms with Gasteiger partial charge in [0.1, 0.15) is 0 Å². The Morgan fingerprint density at radius 1 is 1.50 bits per heavy atom. The van der Waals surface area contributed by atoms with Crippen molar-refractivity contribution in [2.24, 2.45) is 0 Å². The van der Waals surface area contributed by atoms with Crippen molar-refractivity contribution in [3.05, 3.63) is 21.3 Å². The van der Waals surface area contributed by atoms with E-state index >= 15 is 0 Å². The van der Waals surface area contributed by atoms with Crippen LogP contribution in [-0.4, -0.2) is 17.0 Å². The van der Waals surface area contributed by atoms with Crippen LogP contribution in [0.2, 0.25) is 4.34 Å². The lowest BCUT2D eigenvalue weighted by Crippen LogP contribution is -2.33. The molecule has 90 valence electrons. The highest BCUT2D eigenvalue weighted by molar-refractivity contribution is 7.99. The minimum Gasteiger partial charge on any atom is -0.308 e. The Bertz CT molecular complexity index is 327. The fourth-order valence-electron chi connectivity index (χ4n) is 2.25. The Labute approximate surface area is 111 Å². The number of thiophene rings is 1. The molecule has 1 aromatic heterocycles. The lowest BCUT2D eigenvalue weighted by molar-refractivity contribution is 0.535. The molecule has 0 amide bonds. The van der Waals surface area contributed by atoms with Gasteiger partial charge in [-0.2, -0.15) is 11.8 Å². The molecule has 0 aliphatic heterocycles. The molecular weight excluding hydrogens is 258 g/mol. The summed E-state index contributed by atoms with van der Waals surface area (Å²) in [6.07, 6.45) is 4.08. The molecule has 0 bridgehead atoms. The van der Waals surface area contributed by atoms with Crippen molar-refractivity contribution in [3.63, 3.8) is 0 Å². The van der Waals surface area contributed by atoms with Gasteiger partial charge in [-0.15, -0.1) is 11.3 Å². The van der Waals surface area contributed by atoms with E-state index in [4.69, 9.17) is 11.6 Å². The van der Waals surface area contributed by atoms with E-state index in [2.05, 4.69) is 30.1 Å². The largest absolute Gasteiger partial charge is 0.308 e. The molecule has 0 saturated heterocycles. The molecule has 1 nitrogen and oxygen atoms in total. The van der Waals surface area contributed by atoms with E-state index in [-0.39, 0.29) is 0 Å². The van der Waals surface area contributed by atoms with Gasteiger partial charge in [0, 0.05) is 22.7 Å². The number of hydrogen-bond donors (Lipinski definition) is 1. The molecule has 1 N–H and O–H groups in total. The summed E-state index contributed by atoms with van der Waals surface area (Å²) in [6, 6.07) is 4.80. The summed E-state index contributed by atoms with van der Waals surface area (Å²) in [5.41, 5.74) is 0. The fourth-order valence-corrected chi connectivity index (χ4v) is 4.52. The van der Waals surface area contributed by atoms with Gasteiger partial charge in [0.25, 0.3) is 0 Å². The maximum atomic E-state index is 5.92. The molecule has 16 heavy (non-hydrogen) atoms. The SMILES string of the molecule is CCSC1CCCC1NCc1ccc(Cl)s1. The highest BCUT2D eigenvalue weighted by Gasteiger charge is 2.26. The third-order valence-corrected chi connectivity index (χ3v) is 5.56. The van der Waals surface area contributed by atoms with E-state index in [1.807, 2.05) is 6.07 Å². The minimum absolute atomic E-state index is 0.700.